The van der Waals surface area contributed by atoms with E-state index in [1.165, 1.54) is 16.9 Å². The van der Waals surface area contributed by atoms with E-state index in [9.17, 15) is 9.59 Å². The molecule has 1 N–H and O–H groups in total. The normalized spacial score (nSPS) is 10.7. The number of rotatable bonds is 2. The van der Waals surface area contributed by atoms with Crippen LogP contribution in [0.25, 0.3) is 10.9 Å². The molecule has 2 aromatic rings. The Balaban J connectivity index is 2.78. The van der Waals surface area contributed by atoms with Gasteiger partial charge < -0.3 is 9.63 Å². The lowest BCUT2D eigenvalue weighted by atomic mass is 10.1. The first kappa shape index (κ1) is 9.51. The van der Waals surface area contributed by atoms with Gasteiger partial charge in [-0.25, -0.2) is 14.3 Å². The maximum atomic E-state index is 11.4. The third-order valence-corrected chi connectivity index (χ3v) is 2.21. The Kier molecular flexibility index (Phi) is 2.07. The average Bonchev–Trinajstić information content (AvgIpc) is 2.55. The van der Waals surface area contributed by atoms with E-state index in [0.717, 1.165) is 0 Å². The van der Waals surface area contributed by atoms with Crippen molar-refractivity contribution in [3.05, 3.63) is 34.2 Å². The first-order valence-electron chi connectivity index (χ1n) is 4.50. The molecule has 0 aliphatic rings. The predicted molar refractivity (Wildman–Crippen MR) is 53.1 cm³/mol. The molecule has 0 unspecified atom stereocenters. The van der Waals surface area contributed by atoms with Crippen molar-refractivity contribution in [1.82, 2.24) is 4.74 Å². The molecule has 1 aromatic carbocycles. The summed E-state index contributed by atoms with van der Waals surface area (Å²) in [5, 5.41) is 9.06. The van der Waals surface area contributed by atoms with Crippen LogP contribution in [0.4, 0.5) is 0 Å². The molecule has 0 fully saturated rings. The van der Waals surface area contributed by atoms with Crippen LogP contribution in [0.5, 0.6) is 0 Å². The fourth-order valence-electron chi connectivity index (χ4n) is 1.48. The van der Waals surface area contributed by atoms with Crippen LogP contribution < -0.4 is 5.63 Å². The van der Waals surface area contributed by atoms with Crippen molar-refractivity contribution in [2.24, 2.45) is 0 Å². The first-order valence-corrected chi connectivity index (χ1v) is 4.50. The van der Waals surface area contributed by atoms with Crippen LogP contribution in [-0.2, 0) is 6.54 Å². The Hall–Kier alpha value is -2.04. The van der Waals surface area contributed by atoms with E-state index in [0.29, 0.717) is 17.4 Å². The van der Waals surface area contributed by atoms with Crippen LogP contribution in [0.2, 0.25) is 0 Å². The smallest absolute Gasteiger partial charge is 0.365 e. The number of fused-ring (bicyclic) bond motifs is 1. The van der Waals surface area contributed by atoms with Crippen molar-refractivity contribution < 1.29 is 14.4 Å². The molecule has 0 aliphatic carbocycles. The van der Waals surface area contributed by atoms with Crippen LogP contribution >= 0.6 is 0 Å². The highest BCUT2D eigenvalue weighted by atomic mass is 16.5. The number of hydrogen-bond donors (Lipinski definition) is 1. The molecule has 0 aliphatic heterocycles. The number of carbonyl (C=O) groups is 1. The molecule has 0 spiro atoms. The summed E-state index contributed by atoms with van der Waals surface area (Å²) >= 11 is 0. The number of aryl methyl sites for hydroxylation is 1. The lowest BCUT2D eigenvalue weighted by Gasteiger charge is -1.96. The monoisotopic (exact) mass is 207 g/mol. The largest absolute Gasteiger partial charge is 0.478 e. The summed E-state index contributed by atoms with van der Waals surface area (Å²) in [4.78, 5) is 22.0. The predicted octanol–water partition coefficient (Wildman–Crippen LogP) is 1.31. The molecule has 0 saturated heterocycles. The van der Waals surface area contributed by atoms with E-state index in [1.807, 2.05) is 6.92 Å². The molecule has 5 nitrogen and oxygen atoms in total. The maximum Gasteiger partial charge on any atom is 0.365 e. The summed E-state index contributed by atoms with van der Waals surface area (Å²) in [6.07, 6.45) is 0. The highest BCUT2D eigenvalue weighted by Crippen LogP contribution is 2.13. The highest BCUT2D eigenvalue weighted by molar-refractivity contribution is 5.93. The van der Waals surface area contributed by atoms with Crippen LogP contribution in [0, 0.1) is 0 Å². The summed E-state index contributed by atoms with van der Waals surface area (Å²) in [6, 6.07) is 4.36. The van der Waals surface area contributed by atoms with Gasteiger partial charge in [0, 0.05) is 0 Å². The Labute approximate surface area is 84.5 Å². The van der Waals surface area contributed by atoms with E-state index in [1.54, 1.807) is 6.07 Å². The first-order chi connectivity index (χ1) is 7.13. The molecule has 1 aromatic heterocycles. The van der Waals surface area contributed by atoms with Crippen LogP contribution in [0.15, 0.2) is 27.5 Å². The number of carboxylic acids is 1. The molecule has 0 radical (unpaired) electrons. The molecule has 2 rings (SSSR count). The molecule has 0 atom stereocenters. The van der Waals surface area contributed by atoms with E-state index in [4.69, 9.17) is 9.63 Å². The third kappa shape index (κ3) is 1.41. The topological polar surface area (TPSA) is 72.4 Å². The fraction of sp³-hybridized carbons (Fsp3) is 0.200. The number of hydrogen-bond acceptors (Lipinski definition) is 3. The van der Waals surface area contributed by atoms with Crippen molar-refractivity contribution in [3.8, 4) is 0 Å². The summed E-state index contributed by atoms with van der Waals surface area (Å²) in [7, 11) is 0. The van der Waals surface area contributed by atoms with Gasteiger partial charge in [-0.15, -0.1) is 0 Å². The Morgan fingerprint density at radius 3 is 2.87 bits per heavy atom. The standard InChI is InChI=1S/C10H9NO4/c1-2-11-8-4-3-6(9(12)13)5-7(8)10(14)15-11/h3-5H,2H2,1H3,(H,12,13). The summed E-state index contributed by atoms with van der Waals surface area (Å²) < 4.78 is 6.35. The van der Waals surface area contributed by atoms with Gasteiger partial charge in [0.15, 0.2) is 0 Å². The van der Waals surface area contributed by atoms with E-state index >= 15 is 0 Å². The summed E-state index contributed by atoms with van der Waals surface area (Å²) in [5.41, 5.74) is 0.200. The van der Waals surface area contributed by atoms with E-state index < -0.39 is 11.6 Å². The van der Waals surface area contributed by atoms with Crippen molar-refractivity contribution in [3.63, 3.8) is 0 Å². The number of aromatic nitrogens is 1. The van der Waals surface area contributed by atoms with E-state index in [2.05, 4.69) is 0 Å². The molecule has 1 heterocycles. The zero-order valence-corrected chi connectivity index (χ0v) is 8.06. The number of carboxylic acid groups (broad SMARTS) is 1. The fourth-order valence-corrected chi connectivity index (χ4v) is 1.48. The highest BCUT2D eigenvalue weighted by Gasteiger charge is 2.11. The quantitative estimate of drug-likeness (QED) is 0.805. The van der Waals surface area contributed by atoms with Gasteiger partial charge >= 0.3 is 11.6 Å². The van der Waals surface area contributed by atoms with Gasteiger partial charge in [0.25, 0.3) is 0 Å². The van der Waals surface area contributed by atoms with Gasteiger partial charge in [-0.05, 0) is 25.1 Å². The van der Waals surface area contributed by atoms with Crippen LogP contribution in [0.3, 0.4) is 0 Å². The third-order valence-electron chi connectivity index (χ3n) is 2.21. The molecular formula is C10H9NO4. The van der Waals surface area contributed by atoms with Crippen molar-refractivity contribution in [2.45, 2.75) is 13.5 Å². The van der Waals surface area contributed by atoms with Crippen molar-refractivity contribution in [1.29, 1.82) is 0 Å². The second kappa shape index (κ2) is 3.27. The Morgan fingerprint density at radius 1 is 1.53 bits per heavy atom. The Morgan fingerprint density at radius 2 is 2.27 bits per heavy atom. The van der Waals surface area contributed by atoms with Gasteiger partial charge in [0.2, 0.25) is 0 Å². The average molecular weight is 207 g/mol. The molecule has 78 valence electrons. The van der Waals surface area contributed by atoms with Gasteiger partial charge in [0.1, 0.15) is 0 Å². The maximum absolute atomic E-state index is 11.4. The molecule has 15 heavy (non-hydrogen) atoms. The lowest BCUT2D eigenvalue weighted by molar-refractivity contribution is 0.0697. The Bertz CT molecular complexity index is 579. The molecular weight excluding hydrogens is 198 g/mol. The van der Waals surface area contributed by atoms with Gasteiger partial charge in [0.05, 0.1) is 23.0 Å². The zero-order valence-electron chi connectivity index (χ0n) is 8.06. The van der Waals surface area contributed by atoms with E-state index in [-0.39, 0.29) is 5.56 Å². The second-order valence-corrected chi connectivity index (χ2v) is 3.11. The molecule has 5 heteroatoms. The minimum Gasteiger partial charge on any atom is -0.478 e. The molecule has 0 amide bonds. The molecule has 0 saturated carbocycles. The minimum absolute atomic E-state index is 0.0867. The number of benzene rings is 1. The van der Waals surface area contributed by atoms with Gasteiger partial charge in [-0.2, -0.15) is 0 Å². The summed E-state index contributed by atoms with van der Waals surface area (Å²) in [5.74, 6) is -1.06. The lowest BCUT2D eigenvalue weighted by Crippen LogP contribution is -1.97. The van der Waals surface area contributed by atoms with Crippen LogP contribution in [-0.4, -0.2) is 15.8 Å². The minimum atomic E-state index is -1.06. The van der Waals surface area contributed by atoms with Crippen LogP contribution in [0.1, 0.15) is 17.3 Å². The van der Waals surface area contributed by atoms with Crippen molar-refractivity contribution >= 4 is 16.9 Å². The number of aromatic carboxylic acids is 1. The SMILES string of the molecule is CCn1oc(=O)c2cc(C(=O)O)ccc21. The second-order valence-electron chi connectivity index (χ2n) is 3.11. The number of nitrogens with zero attached hydrogens (tertiary/aromatic N) is 1. The summed E-state index contributed by atoms with van der Waals surface area (Å²) in [6.45, 7) is 2.37. The zero-order chi connectivity index (χ0) is 11.0. The van der Waals surface area contributed by atoms with Crippen molar-refractivity contribution in [2.75, 3.05) is 0 Å². The van der Waals surface area contributed by atoms with Gasteiger partial charge in [-0.1, -0.05) is 0 Å². The van der Waals surface area contributed by atoms with Gasteiger partial charge in [-0.3, -0.25) is 0 Å². The molecule has 0 bridgehead atoms.